The van der Waals surface area contributed by atoms with E-state index in [0.717, 1.165) is 31.4 Å². The maximum absolute atomic E-state index is 13.2. The molecule has 7 heteroatoms. The van der Waals surface area contributed by atoms with Crippen molar-refractivity contribution in [3.63, 3.8) is 0 Å². The number of nitrogens with two attached hydrogens (primary N) is 1. The molecule has 7 nitrogen and oxygen atoms in total. The highest BCUT2D eigenvalue weighted by atomic mass is 16.5. The lowest BCUT2D eigenvalue weighted by Crippen LogP contribution is -2.53. The zero-order chi connectivity index (χ0) is 18.2. The Labute approximate surface area is 148 Å². The van der Waals surface area contributed by atoms with Gasteiger partial charge in [-0.05, 0) is 37.7 Å². The monoisotopic (exact) mass is 348 g/mol. The second-order valence-electron chi connectivity index (χ2n) is 7.36. The van der Waals surface area contributed by atoms with Gasteiger partial charge in [-0.15, -0.1) is 0 Å². The Morgan fingerprint density at radius 1 is 1.36 bits per heavy atom. The molecule has 3 rings (SSSR count). The van der Waals surface area contributed by atoms with E-state index in [9.17, 15) is 4.79 Å². The van der Waals surface area contributed by atoms with Crippen molar-refractivity contribution in [1.29, 1.82) is 0 Å². The third-order valence-electron chi connectivity index (χ3n) is 5.71. The van der Waals surface area contributed by atoms with Crippen molar-refractivity contribution in [3.05, 3.63) is 17.5 Å². The fourth-order valence-electron chi connectivity index (χ4n) is 4.16. The van der Waals surface area contributed by atoms with Crippen molar-refractivity contribution in [3.8, 4) is 0 Å². The summed E-state index contributed by atoms with van der Waals surface area (Å²) in [5.74, 6) is 0.225. The molecule has 2 N–H and O–H groups in total. The first-order valence-corrected chi connectivity index (χ1v) is 8.93. The number of rotatable bonds is 4. The van der Waals surface area contributed by atoms with Gasteiger partial charge in [-0.25, -0.2) is 9.97 Å². The Bertz CT molecular complexity index is 651. The zero-order valence-corrected chi connectivity index (χ0v) is 15.5. The highest BCUT2D eigenvalue weighted by Gasteiger charge is 2.52. The Morgan fingerprint density at radius 2 is 2.12 bits per heavy atom. The number of methoxy groups -OCH3 is 2. The molecule has 1 aliphatic carbocycles. The summed E-state index contributed by atoms with van der Waals surface area (Å²) in [6.07, 6.45) is 3.64. The number of hydrogen-bond donors (Lipinski definition) is 1. The van der Waals surface area contributed by atoms with Gasteiger partial charge < -0.3 is 20.1 Å². The fourth-order valence-corrected chi connectivity index (χ4v) is 4.16. The molecule has 1 saturated carbocycles. The molecule has 1 saturated heterocycles. The Morgan fingerprint density at radius 3 is 2.76 bits per heavy atom. The van der Waals surface area contributed by atoms with Gasteiger partial charge in [-0.1, -0.05) is 13.8 Å². The van der Waals surface area contributed by atoms with Crippen molar-refractivity contribution >= 4 is 11.9 Å². The third kappa shape index (κ3) is 3.22. The molecule has 2 heterocycles. The van der Waals surface area contributed by atoms with E-state index in [4.69, 9.17) is 15.2 Å². The summed E-state index contributed by atoms with van der Waals surface area (Å²) in [5.41, 5.74) is 6.70. The summed E-state index contributed by atoms with van der Waals surface area (Å²) in [6, 6.07) is 1.76. The molecular formula is C18H28N4O3. The van der Waals surface area contributed by atoms with E-state index in [-0.39, 0.29) is 35.5 Å². The molecule has 0 bridgehead atoms. The summed E-state index contributed by atoms with van der Waals surface area (Å²) in [5, 5.41) is 0. The van der Waals surface area contributed by atoms with Crippen LogP contribution >= 0.6 is 0 Å². The number of fused-ring (bicyclic) bond motifs is 1. The number of carbonyl (C=O) groups excluding carboxylic acids is 1. The van der Waals surface area contributed by atoms with Crippen molar-refractivity contribution in [2.75, 3.05) is 26.5 Å². The van der Waals surface area contributed by atoms with Crippen LogP contribution in [0, 0.1) is 0 Å². The van der Waals surface area contributed by atoms with Gasteiger partial charge in [0.25, 0.3) is 5.91 Å². The van der Waals surface area contributed by atoms with Crippen LogP contribution in [0.2, 0.25) is 0 Å². The van der Waals surface area contributed by atoms with Crippen LogP contribution in [-0.2, 0) is 9.47 Å². The van der Waals surface area contributed by atoms with E-state index < -0.39 is 0 Å². The van der Waals surface area contributed by atoms with E-state index in [1.165, 1.54) is 0 Å². The average Bonchev–Trinajstić information content (AvgIpc) is 2.99. The van der Waals surface area contributed by atoms with E-state index in [1.807, 2.05) is 18.7 Å². The fraction of sp³-hybridized carbons (Fsp3) is 0.722. The minimum atomic E-state index is -0.274. The highest BCUT2D eigenvalue weighted by molar-refractivity contribution is 5.93. The van der Waals surface area contributed by atoms with Gasteiger partial charge in [0, 0.05) is 26.5 Å². The summed E-state index contributed by atoms with van der Waals surface area (Å²) < 4.78 is 11.4. The molecule has 1 aromatic rings. The Hall–Kier alpha value is -1.73. The van der Waals surface area contributed by atoms with Crippen LogP contribution in [0.25, 0.3) is 0 Å². The summed E-state index contributed by atoms with van der Waals surface area (Å²) in [4.78, 5) is 23.5. The van der Waals surface area contributed by atoms with Gasteiger partial charge in [0.1, 0.15) is 5.69 Å². The van der Waals surface area contributed by atoms with Crippen molar-refractivity contribution < 1.29 is 14.3 Å². The molecule has 0 aromatic carbocycles. The summed E-state index contributed by atoms with van der Waals surface area (Å²) in [7, 11) is 3.47. The van der Waals surface area contributed by atoms with Gasteiger partial charge >= 0.3 is 0 Å². The topological polar surface area (TPSA) is 90.6 Å². The van der Waals surface area contributed by atoms with Crippen LogP contribution < -0.4 is 5.73 Å². The molecule has 2 aliphatic rings. The molecule has 0 spiro atoms. The first-order chi connectivity index (χ1) is 11.9. The number of likely N-dealkylation sites (tertiary alicyclic amines) is 1. The normalized spacial score (nSPS) is 29.1. The lowest BCUT2D eigenvalue weighted by Gasteiger charge is -2.43. The zero-order valence-electron chi connectivity index (χ0n) is 15.5. The van der Waals surface area contributed by atoms with Crippen LogP contribution in [0.4, 0.5) is 5.95 Å². The number of amides is 1. The van der Waals surface area contributed by atoms with E-state index >= 15 is 0 Å². The number of hydrogen-bond acceptors (Lipinski definition) is 6. The number of nitrogen functional groups attached to an aromatic ring is 1. The predicted molar refractivity (Wildman–Crippen MR) is 94.4 cm³/mol. The molecular weight excluding hydrogens is 320 g/mol. The maximum Gasteiger partial charge on any atom is 0.273 e. The van der Waals surface area contributed by atoms with E-state index in [0.29, 0.717) is 12.2 Å². The molecule has 138 valence electrons. The average molecular weight is 348 g/mol. The van der Waals surface area contributed by atoms with Crippen LogP contribution in [0.3, 0.4) is 0 Å². The summed E-state index contributed by atoms with van der Waals surface area (Å²) >= 11 is 0. The first kappa shape index (κ1) is 18.1. The number of nitrogens with zero attached hydrogens (tertiary/aromatic N) is 3. The van der Waals surface area contributed by atoms with Gasteiger partial charge in [-0.3, -0.25) is 4.79 Å². The third-order valence-corrected chi connectivity index (χ3v) is 5.71. The number of carbonyl (C=O) groups is 1. The second-order valence-corrected chi connectivity index (χ2v) is 7.36. The summed E-state index contributed by atoms with van der Waals surface area (Å²) in [6.45, 7) is 4.70. The number of anilines is 1. The Balaban J connectivity index is 1.89. The minimum absolute atomic E-state index is 0.00221. The second kappa shape index (κ2) is 6.88. The van der Waals surface area contributed by atoms with Gasteiger partial charge in [0.15, 0.2) is 0 Å². The van der Waals surface area contributed by atoms with Crippen molar-refractivity contribution in [1.82, 2.24) is 14.9 Å². The first-order valence-electron chi connectivity index (χ1n) is 8.93. The lowest BCUT2D eigenvalue weighted by atomic mass is 9.79. The SMILES string of the molecule is CO[C@@H]1CC[C@@]2(OC)CCN(C(=O)c3cc(C(C)C)nc(N)n3)[C@H]2C1. The molecule has 25 heavy (non-hydrogen) atoms. The maximum atomic E-state index is 13.2. The van der Waals surface area contributed by atoms with Gasteiger partial charge in [0.2, 0.25) is 5.95 Å². The largest absolute Gasteiger partial charge is 0.381 e. The molecule has 1 amide bonds. The Kier molecular flexibility index (Phi) is 4.97. The van der Waals surface area contributed by atoms with Crippen molar-refractivity contribution in [2.24, 2.45) is 0 Å². The lowest BCUT2D eigenvalue weighted by molar-refractivity contribution is -0.0894. The molecule has 0 radical (unpaired) electrons. The molecule has 1 aromatic heterocycles. The molecule has 3 atom stereocenters. The standard InChI is InChI=1S/C18H28N4O3/c1-11(2)13-10-14(21-17(19)20-13)16(23)22-8-7-18(25-4)6-5-12(24-3)9-15(18)22/h10-12,15H,5-9H2,1-4H3,(H2,19,20,21)/t12-,15+,18-/m1/s1. The molecule has 1 aliphatic heterocycles. The van der Waals surface area contributed by atoms with Crippen molar-refractivity contribution in [2.45, 2.75) is 63.2 Å². The molecule has 0 unspecified atom stereocenters. The van der Waals surface area contributed by atoms with Crippen LogP contribution in [0.5, 0.6) is 0 Å². The van der Waals surface area contributed by atoms with Crippen LogP contribution in [0.15, 0.2) is 6.07 Å². The van der Waals surface area contributed by atoms with Crippen LogP contribution in [-0.4, -0.2) is 59.3 Å². The smallest absolute Gasteiger partial charge is 0.273 e. The number of aromatic nitrogens is 2. The van der Waals surface area contributed by atoms with Gasteiger partial charge in [-0.2, -0.15) is 0 Å². The quantitative estimate of drug-likeness (QED) is 0.895. The molecule has 2 fully saturated rings. The predicted octanol–water partition coefficient (Wildman–Crippen LogP) is 1.98. The highest BCUT2D eigenvalue weighted by Crippen LogP contribution is 2.43. The minimum Gasteiger partial charge on any atom is -0.381 e. The van der Waals surface area contributed by atoms with E-state index in [1.54, 1.807) is 20.3 Å². The number of ether oxygens (including phenoxy) is 2. The van der Waals surface area contributed by atoms with Gasteiger partial charge in [0.05, 0.1) is 17.7 Å². The van der Waals surface area contributed by atoms with E-state index in [2.05, 4.69) is 9.97 Å². The van der Waals surface area contributed by atoms with Crippen LogP contribution in [0.1, 0.15) is 61.6 Å².